The third kappa shape index (κ3) is 4.43. The Bertz CT molecular complexity index is 617. The molecule has 5 nitrogen and oxygen atoms in total. The van der Waals surface area contributed by atoms with Crippen LogP contribution >= 0.6 is 12.6 Å². The van der Waals surface area contributed by atoms with Gasteiger partial charge in [-0.25, -0.2) is 13.1 Å². The van der Waals surface area contributed by atoms with Crippen LogP contribution in [-0.4, -0.2) is 21.0 Å². The van der Waals surface area contributed by atoms with E-state index in [4.69, 9.17) is 5.73 Å². The van der Waals surface area contributed by atoms with Crippen molar-refractivity contribution in [3.8, 4) is 0 Å². The van der Waals surface area contributed by atoms with Crippen molar-refractivity contribution in [2.75, 3.05) is 12.8 Å². The maximum atomic E-state index is 12.5. The van der Waals surface area contributed by atoms with Gasteiger partial charge in [-0.2, -0.15) is 0 Å². The van der Waals surface area contributed by atoms with Crippen molar-refractivity contribution in [3.05, 3.63) is 30.0 Å². The summed E-state index contributed by atoms with van der Waals surface area (Å²) in [6.07, 6.45) is 1.62. The Balaban J connectivity index is 3.43. The Hall–Kier alpha value is -1.18. The molecule has 0 aliphatic carbocycles. The number of nitrogens with two attached hydrogens (primary N) is 1. The van der Waals surface area contributed by atoms with Crippen molar-refractivity contribution in [1.29, 1.82) is 0 Å². The van der Waals surface area contributed by atoms with Gasteiger partial charge in [-0.3, -0.25) is 0 Å². The Kier molecular flexibility index (Phi) is 5.12. The molecule has 112 valence electrons. The second kappa shape index (κ2) is 6.07. The molecule has 0 aliphatic rings. The number of rotatable bonds is 4. The molecule has 0 fully saturated rings. The van der Waals surface area contributed by atoms with Gasteiger partial charge in [0.2, 0.25) is 10.0 Å². The molecule has 20 heavy (non-hydrogen) atoms. The smallest absolute Gasteiger partial charge is 0.241 e. The van der Waals surface area contributed by atoms with Crippen LogP contribution in [0.15, 0.2) is 29.3 Å². The highest BCUT2D eigenvalue weighted by molar-refractivity contribution is 7.91. The summed E-state index contributed by atoms with van der Waals surface area (Å²) in [4.78, 5) is 0.630. The molecule has 0 bridgehead atoms. The van der Waals surface area contributed by atoms with Crippen LogP contribution in [0, 0.1) is 0 Å². The molecular formula is C13H21N3O2S2. The van der Waals surface area contributed by atoms with E-state index in [9.17, 15) is 8.42 Å². The summed E-state index contributed by atoms with van der Waals surface area (Å²) in [5, 5.41) is 2.82. The molecule has 0 saturated carbocycles. The standard InChI is InChI=1S/C13H21N3O2S2/c1-13(2,3)16-20(17,18)12-7-9(14)5-6-10(12)11(19)8-15-4/h5-8,15-16,19H,14H2,1-4H3/b11-8-. The van der Waals surface area contributed by atoms with Gasteiger partial charge in [0.1, 0.15) is 0 Å². The molecule has 0 spiro atoms. The number of sulfonamides is 1. The van der Waals surface area contributed by atoms with Crippen LogP contribution in [0.1, 0.15) is 26.3 Å². The molecule has 0 aliphatic heterocycles. The van der Waals surface area contributed by atoms with Crippen LogP contribution < -0.4 is 15.8 Å². The monoisotopic (exact) mass is 315 g/mol. The fourth-order valence-electron chi connectivity index (χ4n) is 1.65. The average Bonchev–Trinajstić information content (AvgIpc) is 2.25. The topological polar surface area (TPSA) is 84.2 Å². The van der Waals surface area contributed by atoms with Gasteiger partial charge < -0.3 is 11.1 Å². The van der Waals surface area contributed by atoms with Gasteiger partial charge in [-0.05, 0) is 32.9 Å². The number of nitrogens with one attached hydrogen (secondary N) is 2. The summed E-state index contributed by atoms with van der Waals surface area (Å²) >= 11 is 4.31. The molecule has 0 amide bonds. The van der Waals surface area contributed by atoms with Crippen molar-refractivity contribution in [3.63, 3.8) is 0 Å². The predicted octanol–water partition coefficient (Wildman–Crippen LogP) is 1.79. The Morgan fingerprint density at radius 1 is 1.35 bits per heavy atom. The van der Waals surface area contributed by atoms with Gasteiger partial charge >= 0.3 is 0 Å². The lowest BCUT2D eigenvalue weighted by Crippen LogP contribution is -2.40. The van der Waals surface area contributed by atoms with Gasteiger partial charge in [-0.1, -0.05) is 6.07 Å². The number of hydrogen-bond acceptors (Lipinski definition) is 5. The molecule has 1 rings (SSSR count). The summed E-state index contributed by atoms with van der Waals surface area (Å²) in [5.41, 5.74) is 6.01. The second-order valence-electron chi connectivity index (χ2n) is 5.43. The zero-order valence-corrected chi connectivity index (χ0v) is 13.8. The van der Waals surface area contributed by atoms with Crippen molar-refractivity contribution in [2.45, 2.75) is 31.2 Å². The largest absolute Gasteiger partial charge is 0.399 e. The van der Waals surface area contributed by atoms with Crippen LogP contribution in [0.4, 0.5) is 5.69 Å². The van der Waals surface area contributed by atoms with Gasteiger partial charge in [0, 0.05) is 34.9 Å². The molecular weight excluding hydrogens is 294 g/mol. The van der Waals surface area contributed by atoms with E-state index >= 15 is 0 Å². The van der Waals surface area contributed by atoms with Crippen molar-refractivity contribution in [1.82, 2.24) is 10.0 Å². The van der Waals surface area contributed by atoms with E-state index in [0.717, 1.165) is 0 Å². The quantitative estimate of drug-likeness (QED) is 0.504. The van der Waals surface area contributed by atoms with Crippen molar-refractivity contribution < 1.29 is 8.42 Å². The zero-order valence-electron chi connectivity index (χ0n) is 12.1. The first-order chi connectivity index (χ1) is 9.07. The first-order valence-corrected chi connectivity index (χ1v) is 8.00. The van der Waals surface area contributed by atoms with E-state index in [1.807, 2.05) is 0 Å². The van der Waals surface area contributed by atoms with Crippen molar-refractivity contribution >= 4 is 33.2 Å². The molecule has 4 N–H and O–H groups in total. The summed E-state index contributed by atoms with van der Waals surface area (Å²) < 4.78 is 27.6. The summed E-state index contributed by atoms with van der Waals surface area (Å²) in [6, 6.07) is 4.72. The first kappa shape index (κ1) is 16.9. The molecule has 1 aromatic carbocycles. The Morgan fingerprint density at radius 3 is 2.45 bits per heavy atom. The minimum atomic E-state index is -3.68. The third-order valence-electron chi connectivity index (χ3n) is 2.29. The summed E-state index contributed by atoms with van der Waals surface area (Å²) in [7, 11) is -1.96. The highest BCUT2D eigenvalue weighted by atomic mass is 32.2. The minimum Gasteiger partial charge on any atom is -0.399 e. The zero-order chi connectivity index (χ0) is 15.6. The van der Waals surface area contributed by atoms with Crippen LogP contribution in [0.25, 0.3) is 4.91 Å². The molecule has 0 heterocycles. The second-order valence-corrected chi connectivity index (χ2v) is 7.56. The van der Waals surface area contributed by atoms with Crippen LogP contribution in [0.3, 0.4) is 0 Å². The normalized spacial score (nSPS) is 13.3. The SMILES string of the molecule is CN/C=C(\S)c1ccc(N)cc1S(=O)(=O)NC(C)(C)C. The van der Waals surface area contributed by atoms with Gasteiger partial charge in [0.25, 0.3) is 0 Å². The lowest BCUT2D eigenvalue weighted by atomic mass is 10.1. The average molecular weight is 315 g/mol. The summed E-state index contributed by atoms with van der Waals surface area (Å²) in [6.45, 7) is 5.34. The first-order valence-electron chi connectivity index (χ1n) is 6.07. The van der Waals surface area contributed by atoms with Crippen LogP contribution in [-0.2, 0) is 10.0 Å². The van der Waals surface area contributed by atoms with E-state index in [-0.39, 0.29) is 4.90 Å². The maximum absolute atomic E-state index is 12.5. The maximum Gasteiger partial charge on any atom is 0.241 e. The number of anilines is 1. The molecule has 0 atom stereocenters. The van der Waals surface area contributed by atoms with E-state index in [2.05, 4.69) is 22.7 Å². The van der Waals surface area contributed by atoms with Crippen molar-refractivity contribution in [2.24, 2.45) is 0 Å². The number of thiol groups is 1. The van der Waals surface area contributed by atoms with E-state index in [0.29, 0.717) is 16.2 Å². The lowest BCUT2D eigenvalue weighted by Gasteiger charge is -2.22. The van der Waals surface area contributed by atoms with Gasteiger partial charge in [0.05, 0.1) is 4.90 Å². The fourth-order valence-corrected chi connectivity index (χ4v) is 3.72. The highest BCUT2D eigenvalue weighted by Crippen LogP contribution is 2.28. The third-order valence-corrected chi connectivity index (χ3v) is 4.46. The molecule has 0 unspecified atom stereocenters. The molecule has 0 saturated heterocycles. The van der Waals surface area contributed by atoms with E-state index in [1.165, 1.54) is 6.07 Å². The Labute approximate surface area is 126 Å². The van der Waals surface area contributed by atoms with Gasteiger partial charge in [0.15, 0.2) is 0 Å². The van der Waals surface area contributed by atoms with Gasteiger partial charge in [-0.15, -0.1) is 12.6 Å². The molecule has 7 heteroatoms. The minimum absolute atomic E-state index is 0.115. The molecule has 0 radical (unpaired) electrons. The summed E-state index contributed by atoms with van der Waals surface area (Å²) in [5.74, 6) is 0. The number of hydrogen-bond donors (Lipinski definition) is 4. The number of benzene rings is 1. The van der Waals surface area contributed by atoms with E-state index in [1.54, 1.807) is 46.2 Å². The molecule has 0 aromatic heterocycles. The molecule has 1 aromatic rings. The van der Waals surface area contributed by atoms with Crippen LogP contribution in [0.2, 0.25) is 0 Å². The predicted molar refractivity (Wildman–Crippen MR) is 87.0 cm³/mol. The number of nitrogen functional groups attached to an aromatic ring is 1. The van der Waals surface area contributed by atoms with E-state index < -0.39 is 15.6 Å². The van der Waals surface area contributed by atoms with Crippen LogP contribution in [0.5, 0.6) is 0 Å². The fraction of sp³-hybridized carbons (Fsp3) is 0.385. The Morgan fingerprint density at radius 2 is 1.95 bits per heavy atom. The highest BCUT2D eigenvalue weighted by Gasteiger charge is 2.25. The lowest BCUT2D eigenvalue weighted by molar-refractivity contribution is 0.491.